The molecule has 1 aliphatic carbocycles. The molecule has 1 aliphatic rings. The fourth-order valence-corrected chi connectivity index (χ4v) is 4.73. The lowest BCUT2D eigenvalue weighted by Gasteiger charge is -2.11. The maximum Gasteiger partial charge on any atom is 0.257 e. The minimum atomic E-state index is -0.201. The van der Waals surface area contributed by atoms with Gasteiger partial charge in [-0.2, -0.15) is 0 Å². The first-order valence-electron chi connectivity index (χ1n) is 9.21. The normalized spacial score (nSPS) is 13.5. The van der Waals surface area contributed by atoms with Gasteiger partial charge in [-0.1, -0.05) is 6.42 Å². The number of nitrogens with zero attached hydrogens (tertiary/aromatic N) is 2. The van der Waals surface area contributed by atoms with Gasteiger partial charge >= 0.3 is 0 Å². The van der Waals surface area contributed by atoms with Gasteiger partial charge < -0.3 is 9.47 Å². The molecule has 6 nitrogen and oxygen atoms in total. The van der Waals surface area contributed by atoms with Crippen molar-refractivity contribution in [1.29, 1.82) is 0 Å². The second kappa shape index (κ2) is 8.70. The molecule has 2 aromatic heterocycles. The number of carbonyl (C=O) groups is 1. The molecule has 4 rings (SSSR count). The molecule has 2 heterocycles. The topological polar surface area (TPSA) is 73.3 Å². The van der Waals surface area contributed by atoms with Gasteiger partial charge in [-0.15, -0.1) is 22.7 Å². The molecule has 0 bridgehead atoms. The molecule has 0 radical (unpaired) electrons. The van der Waals surface area contributed by atoms with Crippen molar-refractivity contribution in [2.45, 2.75) is 38.7 Å². The molecule has 0 saturated heterocycles. The molecule has 1 aromatic carbocycles. The Morgan fingerprint density at radius 2 is 2.11 bits per heavy atom. The Bertz CT molecular complexity index is 930. The summed E-state index contributed by atoms with van der Waals surface area (Å²) < 4.78 is 11.2. The number of carbonyl (C=O) groups excluding carboxylic acids is 1. The van der Waals surface area contributed by atoms with Gasteiger partial charge in [0.2, 0.25) is 0 Å². The summed E-state index contributed by atoms with van der Waals surface area (Å²) >= 11 is 3.11. The summed E-state index contributed by atoms with van der Waals surface area (Å²) in [5.74, 6) is 0.888. The van der Waals surface area contributed by atoms with Gasteiger partial charge in [0.05, 0.1) is 24.0 Å². The van der Waals surface area contributed by atoms with Gasteiger partial charge in [0.15, 0.2) is 16.6 Å². The van der Waals surface area contributed by atoms with E-state index in [0.717, 1.165) is 24.2 Å². The minimum Gasteiger partial charge on any atom is -0.493 e. The van der Waals surface area contributed by atoms with E-state index in [4.69, 9.17) is 9.47 Å². The van der Waals surface area contributed by atoms with Crippen LogP contribution >= 0.6 is 22.7 Å². The van der Waals surface area contributed by atoms with Crippen LogP contribution in [0, 0.1) is 0 Å². The van der Waals surface area contributed by atoms with E-state index in [1.54, 1.807) is 42.2 Å². The SMILES string of the molecule is COc1cc(C(=O)Nc2nc3c(s2)CCCCC3)ccc1OCc1cscn1. The zero-order chi connectivity index (χ0) is 19.3. The average molecular weight is 416 g/mol. The van der Waals surface area contributed by atoms with Crippen LogP contribution in [0.15, 0.2) is 29.1 Å². The van der Waals surface area contributed by atoms with E-state index in [1.165, 1.54) is 35.5 Å². The number of aromatic nitrogens is 2. The van der Waals surface area contributed by atoms with E-state index in [1.807, 2.05) is 5.38 Å². The Kier molecular flexibility index (Phi) is 5.87. The molecule has 0 unspecified atom stereocenters. The first-order valence-corrected chi connectivity index (χ1v) is 11.0. The first kappa shape index (κ1) is 18.9. The maximum absolute atomic E-state index is 12.7. The molecule has 1 amide bonds. The van der Waals surface area contributed by atoms with Crippen LogP contribution in [-0.4, -0.2) is 23.0 Å². The van der Waals surface area contributed by atoms with Crippen molar-refractivity contribution in [3.63, 3.8) is 0 Å². The number of amides is 1. The number of fused-ring (bicyclic) bond motifs is 1. The number of thiazole rings is 2. The number of ether oxygens (including phenoxy) is 2. The summed E-state index contributed by atoms with van der Waals surface area (Å²) in [6.45, 7) is 0.357. The number of rotatable bonds is 6. The summed E-state index contributed by atoms with van der Waals surface area (Å²) in [6.07, 6.45) is 5.68. The van der Waals surface area contributed by atoms with Crippen molar-refractivity contribution in [3.8, 4) is 11.5 Å². The second-order valence-electron chi connectivity index (χ2n) is 6.54. The quantitative estimate of drug-likeness (QED) is 0.590. The monoisotopic (exact) mass is 415 g/mol. The molecular weight excluding hydrogens is 394 g/mol. The lowest BCUT2D eigenvalue weighted by Crippen LogP contribution is -2.12. The van der Waals surface area contributed by atoms with E-state index >= 15 is 0 Å². The Hall–Kier alpha value is -2.45. The molecule has 0 aliphatic heterocycles. The summed E-state index contributed by atoms with van der Waals surface area (Å²) in [5.41, 5.74) is 4.27. The van der Waals surface area contributed by atoms with Crippen molar-refractivity contribution in [3.05, 3.63) is 50.9 Å². The molecule has 3 aromatic rings. The van der Waals surface area contributed by atoms with E-state index in [9.17, 15) is 4.79 Å². The van der Waals surface area contributed by atoms with Crippen molar-refractivity contribution in [2.75, 3.05) is 12.4 Å². The third-order valence-electron chi connectivity index (χ3n) is 4.60. The zero-order valence-corrected chi connectivity index (χ0v) is 17.2. The Morgan fingerprint density at radius 1 is 1.21 bits per heavy atom. The van der Waals surface area contributed by atoms with Crippen LogP contribution in [0.3, 0.4) is 0 Å². The number of anilines is 1. The largest absolute Gasteiger partial charge is 0.493 e. The number of nitrogens with one attached hydrogen (secondary N) is 1. The van der Waals surface area contributed by atoms with E-state index in [-0.39, 0.29) is 5.91 Å². The zero-order valence-electron chi connectivity index (χ0n) is 15.6. The molecule has 0 saturated carbocycles. The summed E-state index contributed by atoms with van der Waals surface area (Å²) in [5, 5.41) is 5.53. The smallest absolute Gasteiger partial charge is 0.257 e. The van der Waals surface area contributed by atoms with Gasteiger partial charge in [0.1, 0.15) is 6.61 Å². The highest BCUT2D eigenvalue weighted by Gasteiger charge is 2.17. The molecular formula is C20H21N3O3S2. The highest BCUT2D eigenvalue weighted by atomic mass is 32.1. The van der Waals surface area contributed by atoms with Crippen LogP contribution in [0.25, 0.3) is 0 Å². The van der Waals surface area contributed by atoms with Crippen LogP contribution in [-0.2, 0) is 19.4 Å². The number of aryl methyl sites for hydroxylation is 2. The van der Waals surface area contributed by atoms with Crippen LogP contribution < -0.4 is 14.8 Å². The van der Waals surface area contributed by atoms with Gasteiger partial charge in [0.25, 0.3) is 5.91 Å². The summed E-state index contributed by atoms with van der Waals surface area (Å²) in [7, 11) is 1.56. The van der Waals surface area contributed by atoms with E-state index in [2.05, 4.69) is 15.3 Å². The first-order chi connectivity index (χ1) is 13.7. The molecule has 28 heavy (non-hydrogen) atoms. The molecule has 146 valence electrons. The average Bonchev–Trinajstić information content (AvgIpc) is 3.31. The Morgan fingerprint density at radius 3 is 2.93 bits per heavy atom. The van der Waals surface area contributed by atoms with Crippen molar-refractivity contribution in [1.82, 2.24) is 9.97 Å². The lowest BCUT2D eigenvalue weighted by atomic mass is 10.2. The third-order valence-corrected chi connectivity index (χ3v) is 6.31. The van der Waals surface area contributed by atoms with Gasteiger partial charge in [-0.3, -0.25) is 10.1 Å². The molecule has 0 fully saturated rings. The van der Waals surface area contributed by atoms with Crippen LogP contribution in [0.5, 0.6) is 11.5 Å². The van der Waals surface area contributed by atoms with Crippen molar-refractivity contribution >= 4 is 33.7 Å². The standard InChI is InChI=1S/C20H21N3O3S2/c1-25-17-9-13(7-8-16(17)26-10-14-11-27-12-21-14)19(24)23-20-22-15-5-3-2-4-6-18(15)28-20/h7-9,11-12H,2-6,10H2,1H3,(H,22,23,24). The Balaban J connectivity index is 1.45. The van der Waals surface area contributed by atoms with Crippen LogP contribution in [0.4, 0.5) is 5.13 Å². The van der Waals surface area contributed by atoms with Crippen molar-refractivity contribution < 1.29 is 14.3 Å². The summed E-state index contributed by atoms with van der Waals surface area (Å²) in [6, 6.07) is 5.16. The maximum atomic E-state index is 12.7. The molecule has 0 atom stereocenters. The van der Waals surface area contributed by atoms with E-state index in [0.29, 0.717) is 28.8 Å². The Labute approximate surface area is 171 Å². The molecule has 8 heteroatoms. The van der Waals surface area contributed by atoms with Gasteiger partial charge in [-0.25, -0.2) is 9.97 Å². The fourth-order valence-electron chi connectivity index (χ4n) is 3.14. The van der Waals surface area contributed by atoms with Crippen LogP contribution in [0.1, 0.15) is 45.9 Å². The van der Waals surface area contributed by atoms with Gasteiger partial charge in [0, 0.05) is 15.8 Å². The molecule has 1 N–H and O–H groups in total. The summed E-state index contributed by atoms with van der Waals surface area (Å²) in [4.78, 5) is 22.8. The number of methoxy groups -OCH3 is 1. The minimum absolute atomic E-state index is 0.201. The van der Waals surface area contributed by atoms with E-state index < -0.39 is 0 Å². The predicted molar refractivity (Wildman–Crippen MR) is 111 cm³/mol. The van der Waals surface area contributed by atoms with Crippen LogP contribution in [0.2, 0.25) is 0 Å². The molecule has 0 spiro atoms. The predicted octanol–water partition coefficient (Wildman–Crippen LogP) is 4.71. The second-order valence-corrected chi connectivity index (χ2v) is 8.34. The number of benzene rings is 1. The highest BCUT2D eigenvalue weighted by molar-refractivity contribution is 7.15. The number of hydrogen-bond acceptors (Lipinski definition) is 7. The highest BCUT2D eigenvalue weighted by Crippen LogP contribution is 2.31. The third kappa shape index (κ3) is 4.34. The number of hydrogen-bond donors (Lipinski definition) is 1. The lowest BCUT2D eigenvalue weighted by molar-refractivity contribution is 0.102. The van der Waals surface area contributed by atoms with Gasteiger partial charge in [-0.05, 0) is 43.9 Å². The fraction of sp³-hybridized carbons (Fsp3) is 0.350. The van der Waals surface area contributed by atoms with Crippen molar-refractivity contribution in [2.24, 2.45) is 0 Å².